The van der Waals surface area contributed by atoms with E-state index in [0.29, 0.717) is 12.3 Å². The predicted molar refractivity (Wildman–Crippen MR) is 192 cm³/mol. The number of fused-ring (bicyclic) bond motifs is 1. The van der Waals surface area contributed by atoms with Crippen LogP contribution in [0.1, 0.15) is 80.9 Å². The van der Waals surface area contributed by atoms with Crippen LogP contribution in [0.2, 0.25) is 0 Å². The van der Waals surface area contributed by atoms with Gasteiger partial charge in [0.25, 0.3) is 0 Å². The molecule has 46 heavy (non-hydrogen) atoms. The highest BCUT2D eigenvalue weighted by molar-refractivity contribution is 6.22. The lowest BCUT2D eigenvalue weighted by atomic mass is 9.83. The molecule has 0 radical (unpaired) electrons. The monoisotopic (exact) mass is 611 g/mol. The Labute approximate surface area is 275 Å². The minimum atomic E-state index is 0.194. The number of Topliss-reactive ketones (excluding diaryl/α,β-unsaturated/α-hetero) is 1. The van der Waals surface area contributed by atoms with Crippen molar-refractivity contribution >= 4 is 11.4 Å². The molecule has 1 aromatic heterocycles. The second kappa shape index (κ2) is 14.6. The fourth-order valence-electron chi connectivity index (χ4n) is 7.45. The number of aryl methyl sites for hydroxylation is 2. The van der Waals surface area contributed by atoms with Gasteiger partial charge in [-0.3, -0.25) is 9.48 Å². The molecule has 1 aliphatic heterocycles. The smallest absolute Gasteiger partial charge is 0.164 e. The summed E-state index contributed by atoms with van der Waals surface area (Å²) in [6, 6.07) is 17.8. The van der Waals surface area contributed by atoms with Crippen molar-refractivity contribution in [1.29, 1.82) is 0 Å². The number of hydrogen-bond acceptors (Lipinski definition) is 3. The Kier molecular flexibility index (Phi) is 10.1. The summed E-state index contributed by atoms with van der Waals surface area (Å²) < 4.78 is 1.81. The maximum Gasteiger partial charge on any atom is 0.164 e. The summed E-state index contributed by atoms with van der Waals surface area (Å²) in [6.45, 7) is 9.19. The Morgan fingerprint density at radius 2 is 1.67 bits per heavy atom. The van der Waals surface area contributed by atoms with Crippen LogP contribution >= 0.6 is 0 Å². The van der Waals surface area contributed by atoms with Crippen molar-refractivity contribution in [2.45, 2.75) is 70.6 Å². The zero-order valence-electron chi connectivity index (χ0n) is 28.0. The van der Waals surface area contributed by atoms with Crippen LogP contribution in [0.3, 0.4) is 0 Å². The zero-order valence-corrected chi connectivity index (χ0v) is 28.0. The maximum atomic E-state index is 13.8. The van der Waals surface area contributed by atoms with E-state index in [4.69, 9.17) is 0 Å². The van der Waals surface area contributed by atoms with Gasteiger partial charge < -0.3 is 4.90 Å². The fraction of sp³-hybridized carbons (Fsp3) is 0.381. The average Bonchev–Trinajstić information content (AvgIpc) is 3.31. The van der Waals surface area contributed by atoms with Crippen LogP contribution in [0.5, 0.6) is 0 Å². The molecule has 4 nitrogen and oxygen atoms in total. The quantitative estimate of drug-likeness (QED) is 0.255. The molecule has 0 amide bonds. The molecule has 3 aromatic rings. The van der Waals surface area contributed by atoms with Crippen molar-refractivity contribution < 1.29 is 4.79 Å². The van der Waals surface area contributed by atoms with Gasteiger partial charge in [-0.2, -0.15) is 5.10 Å². The van der Waals surface area contributed by atoms with Gasteiger partial charge in [-0.05, 0) is 128 Å². The van der Waals surface area contributed by atoms with Gasteiger partial charge in [0, 0.05) is 30.8 Å². The highest BCUT2D eigenvalue weighted by Gasteiger charge is 2.27. The van der Waals surface area contributed by atoms with Gasteiger partial charge in [0.05, 0.1) is 6.20 Å². The topological polar surface area (TPSA) is 38.1 Å². The van der Waals surface area contributed by atoms with E-state index in [1.165, 1.54) is 60.2 Å². The predicted octanol–water partition coefficient (Wildman–Crippen LogP) is 9.43. The minimum Gasteiger partial charge on any atom is -0.306 e. The third kappa shape index (κ3) is 7.50. The van der Waals surface area contributed by atoms with E-state index >= 15 is 0 Å². The van der Waals surface area contributed by atoms with Crippen LogP contribution in [0, 0.1) is 5.92 Å². The van der Waals surface area contributed by atoms with E-state index < -0.39 is 0 Å². The summed E-state index contributed by atoms with van der Waals surface area (Å²) in [4.78, 5) is 16.2. The van der Waals surface area contributed by atoms with Crippen LogP contribution in [0.15, 0.2) is 114 Å². The van der Waals surface area contributed by atoms with Crippen molar-refractivity contribution in [3.05, 3.63) is 131 Å². The molecule has 1 fully saturated rings. The van der Waals surface area contributed by atoms with E-state index in [1.54, 1.807) is 0 Å². The molecule has 2 heterocycles. The molecule has 2 unspecified atom stereocenters. The first-order valence-electron chi connectivity index (χ1n) is 17.3. The average molecular weight is 612 g/mol. The molecule has 1 saturated heterocycles. The molecule has 238 valence electrons. The number of hydrogen-bond donors (Lipinski definition) is 0. The van der Waals surface area contributed by atoms with Crippen LogP contribution < -0.4 is 0 Å². The summed E-state index contributed by atoms with van der Waals surface area (Å²) >= 11 is 0. The Balaban J connectivity index is 1.19. The SMILES string of the molecule is C=C1C=C2C(=CCC=C1CCc1ccc(C3CCCN(C)CC3)cc1)C=C(c1ccc(-c3cnn(C)c3)cc1)C(=O)CC2CCC. The first-order valence-corrected chi connectivity index (χ1v) is 17.3. The molecular weight excluding hydrogens is 562 g/mol. The number of aromatic nitrogens is 2. The summed E-state index contributed by atoms with van der Waals surface area (Å²) in [5.41, 5.74) is 11.7. The van der Waals surface area contributed by atoms with E-state index in [2.05, 4.69) is 103 Å². The van der Waals surface area contributed by atoms with E-state index in [-0.39, 0.29) is 11.7 Å². The second-order valence-corrected chi connectivity index (χ2v) is 13.6. The number of rotatable bonds is 8. The maximum absolute atomic E-state index is 13.8. The number of carbonyl (C=O) groups excluding carboxylic acids is 1. The van der Waals surface area contributed by atoms with Crippen LogP contribution in [-0.4, -0.2) is 40.6 Å². The minimum absolute atomic E-state index is 0.194. The van der Waals surface area contributed by atoms with Gasteiger partial charge in [0.15, 0.2) is 5.78 Å². The number of carbonyl (C=O) groups is 1. The largest absolute Gasteiger partial charge is 0.306 e. The van der Waals surface area contributed by atoms with Gasteiger partial charge in [0.1, 0.15) is 0 Å². The highest BCUT2D eigenvalue weighted by atomic mass is 16.1. The molecule has 6 rings (SSSR count). The van der Waals surface area contributed by atoms with Crippen molar-refractivity contribution in [3.8, 4) is 11.1 Å². The van der Waals surface area contributed by atoms with Gasteiger partial charge in [-0.25, -0.2) is 0 Å². The van der Waals surface area contributed by atoms with Gasteiger partial charge >= 0.3 is 0 Å². The first kappa shape index (κ1) is 31.9. The Bertz CT molecular complexity index is 1680. The van der Waals surface area contributed by atoms with Crippen LogP contribution in [-0.2, 0) is 18.3 Å². The van der Waals surface area contributed by atoms with Crippen molar-refractivity contribution in [2.24, 2.45) is 13.0 Å². The lowest BCUT2D eigenvalue weighted by molar-refractivity contribution is -0.114. The van der Waals surface area contributed by atoms with Gasteiger partial charge in [-0.15, -0.1) is 0 Å². The molecular formula is C42H49N3O. The number of nitrogens with zero attached hydrogens (tertiary/aromatic N) is 3. The van der Waals surface area contributed by atoms with Crippen LogP contribution in [0.25, 0.3) is 16.7 Å². The molecule has 0 N–H and O–H groups in total. The first-order chi connectivity index (χ1) is 22.4. The Hall–Kier alpha value is -4.02. The van der Waals surface area contributed by atoms with Crippen LogP contribution in [0.4, 0.5) is 0 Å². The second-order valence-electron chi connectivity index (χ2n) is 13.6. The Morgan fingerprint density at radius 3 is 2.41 bits per heavy atom. The summed E-state index contributed by atoms with van der Waals surface area (Å²) in [5, 5.41) is 4.30. The highest BCUT2D eigenvalue weighted by Crippen LogP contribution is 2.39. The fourth-order valence-corrected chi connectivity index (χ4v) is 7.45. The molecule has 2 aromatic carbocycles. The van der Waals surface area contributed by atoms with E-state index in [1.807, 2.05) is 24.1 Å². The molecule has 2 aliphatic carbocycles. The number of allylic oxidation sites excluding steroid dienone is 9. The van der Waals surface area contributed by atoms with Crippen molar-refractivity contribution in [2.75, 3.05) is 20.1 Å². The third-order valence-electron chi connectivity index (χ3n) is 10.2. The normalized spacial score (nSPS) is 21.2. The van der Waals surface area contributed by atoms with Crippen molar-refractivity contribution in [1.82, 2.24) is 14.7 Å². The number of benzene rings is 2. The zero-order chi connectivity index (χ0) is 32.0. The van der Waals surface area contributed by atoms with Gasteiger partial charge in [0.2, 0.25) is 0 Å². The molecule has 4 heteroatoms. The summed E-state index contributed by atoms with van der Waals surface area (Å²) in [6.07, 6.45) is 22.2. The van der Waals surface area contributed by atoms with E-state index in [0.717, 1.165) is 59.9 Å². The molecule has 3 aliphatic rings. The third-order valence-corrected chi connectivity index (χ3v) is 10.2. The van der Waals surface area contributed by atoms with Crippen molar-refractivity contribution in [3.63, 3.8) is 0 Å². The molecule has 0 spiro atoms. The van der Waals surface area contributed by atoms with E-state index in [9.17, 15) is 4.79 Å². The molecule has 0 bridgehead atoms. The molecule has 2 atom stereocenters. The Morgan fingerprint density at radius 1 is 0.891 bits per heavy atom. The standard InChI is InChI=1S/C42H49N3O/c1-5-8-37-27-42(46)41(36-20-18-35(19-21-36)39-28-43-45(4)29-39)26-38-10-6-9-32(30(2)25-40(37)38)15-12-31-13-16-34(17-14-31)33-11-7-23-44(3)24-22-33/h9-10,13-14,16-21,25-26,28-29,33,37H,2,5-8,11-12,15,22-24,27H2,1,3-4H3. The molecule has 0 saturated carbocycles. The lowest BCUT2D eigenvalue weighted by Gasteiger charge is -2.21. The summed E-state index contributed by atoms with van der Waals surface area (Å²) in [5.74, 6) is 1.10. The van der Waals surface area contributed by atoms with Gasteiger partial charge in [-0.1, -0.05) is 86.7 Å². The number of likely N-dealkylation sites (tertiary alicyclic amines) is 1. The summed E-state index contributed by atoms with van der Waals surface area (Å²) in [7, 11) is 4.17. The number of ketones is 1. The lowest BCUT2D eigenvalue weighted by Crippen LogP contribution is -2.18.